The van der Waals surface area contributed by atoms with E-state index >= 15 is 0 Å². The first kappa shape index (κ1) is 10.1. The molecule has 14 heavy (non-hydrogen) atoms. The molecule has 2 rings (SSSR count). The van der Waals surface area contributed by atoms with E-state index in [0.717, 1.165) is 19.5 Å². The van der Waals surface area contributed by atoms with Gasteiger partial charge < -0.3 is 5.32 Å². The SMILES string of the molecule is CC1(Cc2ccc(F)c(Br)c2)CNC1. The van der Waals surface area contributed by atoms with Gasteiger partial charge in [0.25, 0.3) is 0 Å². The van der Waals surface area contributed by atoms with Crippen LogP contribution in [-0.4, -0.2) is 13.1 Å². The number of hydrogen-bond acceptors (Lipinski definition) is 1. The molecule has 1 fully saturated rings. The molecule has 1 aliphatic heterocycles. The Balaban J connectivity index is 2.13. The van der Waals surface area contributed by atoms with Gasteiger partial charge in [0.15, 0.2) is 0 Å². The highest BCUT2D eigenvalue weighted by atomic mass is 79.9. The van der Waals surface area contributed by atoms with E-state index in [-0.39, 0.29) is 5.82 Å². The Bertz CT molecular complexity index is 347. The van der Waals surface area contributed by atoms with Gasteiger partial charge in [0, 0.05) is 13.1 Å². The molecule has 0 atom stereocenters. The van der Waals surface area contributed by atoms with Crippen LogP contribution >= 0.6 is 15.9 Å². The summed E-state index contributed by atoms with van der Waals surface area (Å²) in [7, 11) is 0. The van der Waals surface area contributed by atoms with Gasteiger partial charge in [-0.25, -0.2) is 4.39 Å². The van der Waals surface area contributed by atoms with Gasteiger partial charge in [-0.05, 0) is 45.5 Å². The van der Waals surface area contributed by atoms with Crippen molar-refractivity contribution in [2.75, 3.05) is 13.1 Å². The van der Waals surface area contributed by atoms with E-state index in [9.17, 15) is 4.39 Å². The molecule has 3 heteroatoms. The van der Waals surface area contributed by atoms with E-state index in [0.29, 0.717) is 9.89 Å². The first-order valence-corrected chi connectivity index (χ1v) is 5.53. The lowest BCUT2D eigenvalue weighted by Crippen LogP contribution is -2.52. The Morgan fingerprint density at radius 3 is 2.71 bits per heavy atom. The highest BCUT2D eigenvalue weighted by Gasteiger charge is 2.31. The summed E-state index contributed by atoms with van der Waals surface area (Å²) in [5.74, 6) is -0.189. The third-order valence-electron chi connectivity index (χ3n) is 2.72. The standard InChI is InChI=1S/C11H13BrFN/c1-11(6-14-7-11)5-8-2-3-10(13)9(12)4-8/h2-4,14H,5-7H2,1H3. The molecule has 0 aliphatic carbocycles. The molecule has 1 nitrogen and oxygen atoms in total. The Hall–Kier alpha value is -0.410. The van der Waals surface area contributed by atoms with Crippen LogP contribution in [0.3, 0.4) is 0 Å². The molecule has 1 saturated heterocycles. The van der Waals surface area contributed by atoms with Crippen LogP contribution in [0.2, 0.25) is 0 Å². The van der Waals surface area contributed by atoms with Crippen molar-refractivity contribution in [1.82, 2.24) is 5.32 Å². The minimum atomic E-state index is -0.189. The molecule has 0 bridgehead atoms. The largest absolute Gasteiger partial charge is 0.316 e. The quantitative estimate of drug-likeness (QED) is 0.860. The maximum absolute atomic E-state index is 13.0. The minimum Gasteiger partial charge on any atom is -0.316 e. The topological polar surface area (TPSA) is 12.0 Å². The Morgan fingerprint density at radius 2 is 2.21 bits per heavy atom. The highest BCUT2D eigenvalue weighted by Crippen LogP contribution is 2.28. The van der Waals surface area contributed by atoms with Gasteiger partial charge in [0.1, 0.15) is 5.82 Å². The first-order chi connectivity index (χ1) is 6.59. The predicted octanol–water partition coefficient (Wildman–Crippen LogP) is 2.74. The van der Waals surface area contributed by atoms with Gasteiger partial charge in [-0.1, -0.05) is 13.0 Å². The molecule has 0 radical (unpaired) electrons. The second-order valence-electron chi connectivity index (χ2n) is 4.34. The Morgan fingerprint density at radius 1 is 1.50 bits per heavy atom. The van der Waals surface area contributed by atoms with Gasteiger partial charge in [0.2, 0.25) is 0 Å². The summed E-state index contributed by atoms with van der Waals surface area (Å²) in [4.78, 5) is 0. The molecular formula is C11H13BrFN. The van der Waals surface area contributed by atoms with Crippen LogP contribution in [0.1, 0.15) is 12.5 Å². The summed E-state index contributed by atoms with van der Waals surface area (Å²) in [5, 5.41) is 3.26. The van der Waals surface area contributed by atoms with Crippen LogP contribution in [0.5, 0.6) is 0 Å². The zero-order valence-corrected chi connectivity index (χ0v) is 9.70. The van der Waals surface area contributed by atoms with Gasteiger partial charge in [-0.2, -0.15) is 0 Å². The van der Waals surface area contributed by atoms with E-state index in [1.807, 2.05) is 12.1 Å². The molecule has 1 aromatic rings. The maximum atomic E-state index is 13.0. The summed E-state index contributed by atoms with van der Waals surface area (Å²) in [6.45, 7) is 4.37. The van der Waals surface area contributed by atoms with Crippen molar-refractivity contribution in [2.24, 2.45) is 5.41 Å². The number of rotatable bonds is 2. The van der Waals surface area contributed by atoms with Gasteiger partial charge in [-0.3, -0.25) is 0 Å². The fourth-order valence-corrected chi connectivity index (χ4v) is 2.25. The van der Waals surface area contributed by atoms with Crippen LogP contribution in [0.15, 0.2) is 22.7 Å². The molecule has 0 unspecified atom stereocenters. The molecule has 0 amide bonds. The first-order valence-electron chi connectivity index (χ1n) is 4.74. The van der Waals surface area contributed by atoms with Crippen LogP contribution in [-0.2, 0) is 6.42 Å². The van der Waals surface area contributed by atoms with Gasteiger partial charge in [-0.15, -0.1) is 0 Å². The van der Waals surface area contributed by atoms with E-state index in [1.54, 1.807) is 0 Å². The summed E-state index contributed by atoms with van der Waals surface area (Å²) < 4.78 is 13.5. The number of halogens is 2. The molecule has 0 aromatic heterocycles. The fourth-order valence-electron chi connectivity index (χ4n) is 1.82. The molecule has 1 N–H and O–H groups in total. The molecule has 1 aromatic carbocycles. The van der Waals surface area contributed by atoms with Crippen molar-refractivity contribution in [1.29, 1.82) is 0 Å². The third-order valence-corrected chi connectivity index (χ3v) is 3.33. The molecule has 0 spiro atoms. The smallest absolute Gasteiger partial charge is 0.137 e. The third kappa shape index (κ3) is 1.98. The molecule has 1 aliphatic rings. The van der Waals surface area contributed by atoms with E-state index < -0.39 is 0 Å². The average molecular weight is 258 g/mol. The predicted molar refractivity (Wildman–Crippen MR) is 58.8 cm³/mol. The van der Waals surface area contributed by atoms with Crippen molar-refractivity contribution < 1.29 is 4.39 Å². The van der Waals surface area contributed by atoms with Crippen LogP contribution < -0.4 is 5.32 Å². The van der Waals surface area contributed by atoms with Gasteiger partial charge >= 0.3 is 0 Å². The van der Waals surface area contributed by atoms with Crippen LogP contribution in [0, 0.1) is 11.2 Å². The number of nitrogens with one attached hydrogen (secondary N) is 1. The monoisotopic (exact) mass is 257 g/mol. The Labute approximate surface area is 91.8 Å². The Kier molecular flexibility index (Phi) is 2.62. The van der Waals surface area contributed by atoms with E-state index in [4.69, 9.17) is 0 Å². The minimum absolute atomic E-state index is 0.189. The normalized spacial score (nSPS) is 19.1. The second-order valence-corrected chi connectivity index (χ2v) is 5.19. The van der Waals surface area contributed by atoms with Crippen molar-refractivity contribution in [3.8, 4) is 0 Å². The lowest BCUT2D eigenvalue weighted by atomic mass is 9.78. The molecule has 1 heterocycles. The van der Waals surface area contributed by atoms with Crippen molar-refractivity contribution in [3.05, 3.63) is 34.1 Å². The second kappa shape index (κ2) is 3.63. The summed E-state index contributed by atoms with van der Waals surface area (Å²) in [5.41, 5.74) is 1.55. The lowest BCUT2D eigenvalue weighted by Gasteiger charge is -2.39. The number of benzene rings is 1. The maximum Gasteiger partial charge on any atom is 0.137 e. The number of hydrogen-bond donors (Lipinski definition) is 1. The zero-order valence-electron chi connectivity index (χ0n) is 8.11. The van der Waals surface area contributed by atoms with E-state index in [1.165, 1.54) is 11.6 Å². The highest BCUT2D eigenvalue weighted by molar-refractivity contribution is 9.10. The molecule has 0 saturated carbocycles. The van der Waals surface area contributed by atoms with Gasteiger partial charge in [0.05, 0.1) is 4.47 Å². The van der Waals surface area contributed by atoms with Crippen molar-refractivity contribution in [3.63, 3.8) is 0 Å². The van der Waals surface area contributed by atoms with Crippen molar-refractivity contribution in [2.45, 2.75) is 13.3 Å². The molecular weight excluding hydrogens is 245 g/mol. The summed E-state index contributed by atoms with van der Waals surface area (Å²) in [6, 6.07) is 5.26. The average Bonchev–Trinajstić information content (AvgIpc) is 2.09. The van der Waals surface area contributed by atoms with Crippen LogP contribution in [0.4, 0.5) is 4.39 Å². The van der Waals surface area contributed by atoms with E-state index in [2.05, 4.69) is 28.2 Å². The lowest BCUT2D eigenvalue weighted by molar-refractivity contribution is 0.195. The zero-order chi connectivity index (χ0) is 10.2. The molecule has 76 valence electrons. The summed E-state index contributed by atoms with van der Waals surface area (Å²) >= 11 is 3.20. The summed E-state index contributed by atoms with van der Waals surface area (Å²) in [6.07, 6.45) is 1.01. The fraction of sp³-hybridized carbons (Fsp3) is 0.455. The van der Waals surface area contributed by atoms with Crippen LogP contribution in [0.25, 0.3) is 0 Å². The van der Waals surface area contributed by atoms with Crippen molar-refractivity contribution >= 4 is 15.9 Å².